The Balaban J connectivity index is 1.76. The van der Waals surface area contributed by atoms with Crippen LogP contribution in [0.2, 0.25) is 0 Å². The fourth-order valence-corrected chi connectivity index (χ4v) is 5.25. The maximum absolute atomic E-state index is 14.6. The minimum atomic E-state index is -4.01. The minimum absolute atomic E-state index is 0.101. The van der Waals surface area contributed by atoms with Gasteiger partial charge in [-0.05, 0) is 91.2 Å². The molecule has 0 radical (unpaired) electrons. The van der Waals surface area contributed by atoms with E-state index >= 15 is 0 Å². The molecule has 3 rings (SSSR count). The van der Waals surface area contributed by atoms with Crippen molar-refractivity contribution in [3.05, 3.63) is 51.4 Å². The van der Waals surface area contributed by atoms with Crippen molar-refractivity contribution in [1.82, 2.24) is 9.62 Å². The van der Waals surface area contributed by atoms with Gasteiger partial charge in [-0.25, -0.2) is 13.2 Å². The summed E-state index contributed by atoms with van der Waals surface area (Å²) in [6.45, 7) is 4.50. The monoisotopic (exact) mass is 582 g/mol. The van der Waals surface area contributed by atoms with E-state index in [0.29, 0.717) is 35.4 Å². The quantitative estimate of drug-likeness (QED) is 0.293. The SMILES string of the molecule is CCCNCC1CCN(S(=O)(=O)Nc2ccc(F)c(F)c2Nc2ccc(I)cc2F)CC1. The van der Waals surface area contributed by atoms with E-state index in [1.54, 1.807) is 6.07 Å². The summed E-state index contributed by atoms with van der Waals surface area (Å²) in [5.74, 6) is -2.77. The van der Waals surface area contributed by atoms with Crippen molar-refractivity contribution in [2.75, 3.05) is 36.2 Å². The highest BCUT2D eigenvalue weighted by atomic mass is 127. The average molecular weight is 582 g/mol. The zero-order chi connectivity index (χ0) is 23.3. The summed E-state index contributed by atoms with van der Waals surface area (Å²) in [5, 5.41) is 5.84. The molecule has 0 spiro atoms. The maximum atomic E-state index is 14.6. The third kappa shape index (κ3) is 6.27. The number of hydrogen-bond acceptors (Lipinski definition) is 4. The Morgan fingerprint density at radius 3 is 2.41 bits per heavy atom. The van der Waals surface area contributed by atoms with Crippen molar-refractivity contribution in [2.24, 2.45) is 5.92 Å². The first-order valence-corrected chi connectivity index (χ1v) is 12.9. The van der Waals surface area contributed by atoms with Gasteiger partial charge in [0.25, 0.3) is 0 Å². The summed E-state index contributed by atoms with van der Waals surface area (Å²) >= 11 is 1.92. The third-order valence-electron chi connectivity index (χ3n) is 5.30. The average Bonchev–Trinajstić information content (AvgIpc) is 2.75. The molecule has 3 N–H and O–H groups in total. The van der Waals surface area contributed by atoms with E-state index in [-0.39, 0.29) is 11.4 Å². The van der Waals surface area contributed by atoms with E-state index < -0.39 is 33.3 Å². The predicted molar refractivity (Wildman–Crippen MR) is 129 cm³/mol. The van der Waals surface area contributed by atoms with Crippen molar-refractivity contribution >= 4 is 49.9 Å². The Morgan fingerprint density at radius 2 is 1.75 bits per heavy atom. The van der Waals surface area contributed by atoms with Gasteiger partial charge in [0.15, 0.2) is 11.6 Å². The van der Waals surface area contributed by atoms with Crippen LogP contribution < -0.4 is 15.4 Å². The Morgan fingerprint density at radius 1 is 1.06 bits per heavy atom. The first-order valence-electron chi connectivity index (χ1n) is 10.4. The van der Waals surface area contributed by atoms with E-state index in [9.17, 15) is 21.6 Å². The van der Waals surface area contributed by atoms with Crippen LogP contribution in [0.15, 0.2) is 30.3 Å². The molecule has 1 saturated heterocycles. The molecule has 11 heteroatoms. The van der Waals surface area contributed by atoms with Gasteiger partial charge in [0.1, 0.15) is 11.5 Å². The number of halogens is 4. The molecule has 176 valence electrons. The molecule has 0 saturated carbocycles. The summed E-state index contributed by atoms with van der Waals surface area (Å²) in [6, 6.07) is 6.13. The topological polar surface area (TPSA) is 73.5 Å². The van der Waals surface area contributed by atoms with E-state index in [1.165, 1.54) is 16.4 Å². The first-order chi connectivity index (χ1) is 15.2. The van der Waals surface area contributed by atoms with Crippen molar-refractivity contribution < 1.29 is 21.6 Å². The summed E-state index contributed by atoms with van der Waals surface area (Å²) in [7, 11) is -4.01. The lowest BCUT2D eigenvalue weighted by Crippen LogP contribution is -2.43. The number of benzene rings is 2. The molecule has 0 bridgehead atoms. The van der Waals surface area contributed by atoms with E-state index in [1.807, 2.05) is 22.6 Å². The molecule has 2 aromatic carbocycles. The summed E-state index contributed by atoms with van der Waals surface area (Å²) in [4.78, 5) is 0. The molecule has 1 aliphatic heterocycles. The van der Waals surface area contributed by atoms with Gasteiger partial charge in [0, 0.05) is 16.7 Å². The molecule has 0 aliphatic carbocycles. The highest BCUT2D eigenvalue weighted by molar-refractivity contribution is 14.1. The molecule has 6 nitrogen and oxygen atoms in total. The first kappa shape index (κ1) is 25.1. The third-order valence-corrected chi connectivity index (χ3v) is 7.49. The van der Waals surface area contributed by atoms with Gasteiger partial charge in [-0.15, -0.1) is 0 Å². The maximum Gasteiger partial charge on any atom is 0.301 e. The Hall–Kier alpha value is -1.57. The zero-order valence-electron chi connectivity index (χ0n) is 17.6. The van der Waals surface area contributed by atoms with Crippen LogP contribution >= 0.6 is 22.6 Å². The van der Waals surface area contributed by atoms with Gasteiger partial charge in [0.05, 0.1) is 11.4 Å². The lowest BCUT2D eigenvalue weighted by molar-refractivity contribution is 0.269. The second kappa shape index (κ2) is 11.0. The molecule has 1 fully saturated rings. The second-order valence-electron chi connectivity index (χ2n) is 7.69. The zero-order valence-corrected chi connectivity index (χ0v) is 20.6. The molecule has 2 aromatic rings. The Bertz CT molecular complexity index is 1050. The fourth-order valence-electron chi connectivity index (χ4n) is 3.52. The number of nitrogens with one attached hydrogen (secondary N) is 3. The van der Waals surface area contributed by atoms with Crippen LogP contribution in [0.4, 0.5) is 30.2 Å². The molecule has 0 amide bonds. The highest BCUT2D eigenvalue weighted by Crippen LogP contribution is 2.33. The minimum Gasteiger partial charge on any atom is -0.349 e. The van der Waals surface area contributed by atoms with Gasteiger partial charge >= 0.3 is 10.2 Å². The second-order valence-corrected chi connectivity index (χ2v) is 10.6. The molecule has 0 unspecified atom stereocenters. The van der Waals surface area contributed by atoms with Crippen LogP contribution in [0.5, 0.6) is 0 Å². The molecule has 0 aromatic heterocycles. The molecule has 1 heterocycles. The Kier molecular flexibility index (Phi) is 8.64. The van der Waals surface area contributed by atoms with Gasteiger partial charge in [-0.2, -0.15) is 12.7 Å². The van der Waals surface area contributed by atoms with Gasteiger partial charge in [-0.3, -0.25) is 4.72 Å². The molecule has 0 atom stereocenters. The van der Waals surface area contributed by atoms with Gasteiger partial charge < -0.3 is 10.6 Å². The van der Waals surface area contributed by atoms with Crippen molar-refractivity contribution in [3.8, 4) is 0 Å². The molecule has 32 heavy (non-hydrogen) atoms. The van der Waals surface area contributed by atoms with Crippen LogP contribution in [-0.4, -0.2) is 38.9 Å². The van der Waals surface area contributed by atoms with Crippen molar-refractivity contribution in [2.45, 2.75) is 26.2 Å². The van der Waals surface area contributed by atoms with Crippen LogP contribution in [0.1, 0.15) is 26.2 Å². The molecular weight excluding hydrogens is 556 g/mol. The number of anilines is 3. The number of nitrogens with zero attached hydrogens (tertiary/aromatic N) is 1. The standard InChI is InChI=1S/C21H26F3IN4O2S/c1-2-9-26-13-14-7-10-29(11-8-14)32(30,31)28-19-6-4-16(22)20(24)21(19)27-18-5-3-15(25)12-17(18)23/h3-6,12,14,26-28H,2,7-11,13H2,1H3. The lowest BCUT2D eigenvalue weighted by Gasteiger charge is -2.31. The van der Waals surface area contributed by atoms with Gasteiger partial charge in [-0.1, -0.05) is 6.92 Å². The lowest BCUT2D eigenvalue weighted by atomic mass is 9.98. The number of piperidine rings is 1. The molecular formula is C21H26F3IN4O2S. The summed E-state index contributed by atoms with van der Waals surface area (Å²) in [5.41, 5.74) is -0.781. The molecule has 1 aliphatic rings. The van der Waals surface area contributed by atoms with Crippen molar-refractivity contribution in [3.63, 3.8) is 0 Å². The van der Waals surface area contributed by atoms with Gasteiger partial charge in [0.2, 0.25) is 0 Å². The predicted octanol–water partition coefficient (Wildman–Crippen LogP) is 4.82. The van der Waals surface area contributed by atoms with E-state index in [0.717, 1.165) is 31.6 Å². The Labute approximate surface area is 200 Å². The van der Waals surface area contributed by atoms with E-state index in [4.69, 9.17) is 0 Å². The summed E-state index contributed by atoms with van der Waals surface area (Å²) < 4.78 is 72.8. The number of rotatable bonds is 9. The van der Waals surface area contributed by atoms with E-state index in [2.05, 4.69) is 22.3 Å². The largest absolute Gasteiger partial charge is 0.349 e. The van der Waals surface area contributed by atoms with Crippen LogP contribution in [0, 0.1) is 26.9 Å². The fraction of sp³-hybridized carbons (Fsp3) is 0.429. The number of hydrogen-bond donors (Lipinski definition) is 3. The van der Waals surface area contributed by atoms with Crippen LogP contribution in [0.25, 0.3) is 0 Å². The van der Waals surface area contributed by atoms with Crippen LogP contribution in [0.3, 0.4) is 0 Å². The normalized spacial score (nSPS) is 15.7. The highest BCUT2D eigenvalue weighted by Gasteiger charge is 2.29. The smallest absolute Gasteiger partial charge is 0.301 e. The van der Waals surface area contributed by atoms with Crippen LogP contribution in [-0.2, 0) is 10.2 Å². The summed E-state index contributed by atoms with van der Waals surface area (Å²) in [6.07, 6.45) is 2.44. The van der Waals surface area contributed by atoms with Crippen molar-refractivity contribution in [1.29, 1.82) is 0 Å².